The summed E-state index contributed by atoms with van der Waals surface area (Å²) in [5.74, 6) is -0.939. The topological polar surface area (TPSA) is 0 Å². The molecule has 4 aromatic rings. The van der Waals surface area contributed by atoms with Crippen molar-refractivity contribution in [1.82, 2.24) is 0 Å². The van der Waals surface area contributed by atoms with E-state index in [1.165, 1.54) is 89.0 Å². The van der Waals surface area contributed by atoms with E-state index >= 15 is 0 Å². The second kappa shape index (κ2) is 14.9. The Morgan fingerprint density at radius 1 is 0.577 bits per heavy atom. The van der Waals surface area contributed by atoms with Crippen LogP contribution in [0.2, 0.25) is 13.1 Å². The Labute approximate surface area is 324 Å². The predicted octanol–water partition coefficient (Wildman–Crippen LogP) is 15.0. The summed E-state index contributed by atoms with van der Waals surface area (Å²) < 4.78 is 0.159. The summed E-state index contributed by atoms with van der Waals surface area (Å²) in [5.41, 5.74) is 22.0. The number of hydrogen-bond donors (Lipinski definition) is 0. The minimum absolute atomic E-state index is 0.0795. The van der Waals surface area contributed by atoms with E-state index in [1.54, 1.807) is 0 Å². The van der Waals surface area contributed by atoms with Crippen LogP contribution < -0.4 is 0 Å². The molecule has 0 spiro atoms. The summed E-state index contributed by atoms with van der Waals surface area (Å²) in [5, 5.41) is 0. The third kappa shape index (κ3) is 6.48. The van der Waals surface area contributed by atoms with Gasteiger partial charge in [0.15, 0.2) is 0 Å². The fourth-order valence-corrected chi connectivity index (χ4v) is 41.2. The van der Waals surface area contributed by atoms with Crippen LogP contribution in [-0.2, 0) is 28.4 Å². The van der Waals surface area contributed by atoms with Gasteiger partial charge in [-0.25, -0.2) is 0 Å². The Kier molecular flexibility index (Phi) is 11.4. The third-order valence-electron chi connectivity index (χ3n) is 13.0. The van der Waals surface area contributed by atoms with Crippen LogP contribution in [0.1, 0.15) is 117 Å². The first kappa shape index (κ1) is 39.7. The molecule has 0 N–H and O–H groups in total. The molecule has 2 aliphatic carbocycles. The molecule has 2 aliphatic rings. The number of benzene rings is 4. The molecule has 4 aromatic carbocycles. The average molecular weight is 828 g/mol. The summed E-state index contributed by atoms with van der Waals surface area (Å²) in [4.78, 5) is 0. The van der Waals surface area contributed by atoms with Gasteiger partial charge < -0.3 is 0 Å². The molecule has 275 valence electrons. The molecule has 0 aromatic heterocycles. The maximum absolute atomic E-state index is 8.99. The van der Waals surface area contributed by atoms with Crippen molar-refractivity contribution < 1.29 is 15.6 Å². The Hall–Kier alpha value is -1.96. The van der Waals surface area contributed by atoms with E-state index < -0.39 is 21.5 Å². The molecule has 0 bridgehead atoms. The zero-order chi connectivity index (χ0) is 37.9. The molecule has 4 unspecified atom stereocenters. The number of fused-ring (bicyclic) bond motifs is 2. The first-order valence-electron chi connectivity index (χ1n) is 20.1. The van der Waals surface area contributed by atoms with E-state index in [2.05, 4.69) is 155 Å². The molecule has 4 atom stereocenters. The van der Waals surface area contributed by atoms with Crippen LogP contribution in [0.3, 0.4) is 0 Å². The molecule has 0 nitrogen and oxygen atoms in total. The van der Waals surface area contributed by atoms with E-state index in [1.807, 2.05) is 0 Å². The van der Waals surface area contributed by atoms with Crippen molar-refractivity contribution in [3.05, 3.63) is 127 Å². The van der Waals surface area contributed by atoms with Gasteiger partial charge in [-0.3, -0.25) is 0 Å². The summed E-state index contributed by atoms with van der Waals surface area (Å²) in [6.07, 6.45) is 9.28. The molecule has 0 radical (unpaired) electrons. The third-order valence-corrected chi connectivity index (χ3v) is 64.7. The fourth-order valence-electron chi connectivity index (χ4n) is 9.93. The molecule has 0 amide bonds. The van der Waals surface area contributed by atoms with Crippen molar-refractivity contribution in [2.75, 3.05) is 0 Å². The SMILES string of the molecule is CCc1ccc2c(c1-c1cc(C)cc(C)c1)C=C(C(C)CC)[CH]2[Zr]([Cl])([Cl])([CH]1C(C(C)CC)=Cc2c1ccc(CC)c2-c1cc(C)cc(C)c1)[SiH](C)C. The van der Waals surface area contributed by atoms with Crippen molar-refractivity contribution in [3.8, 4) is 22.3 Å². The maximum atomic E-state index is 8.99. The van der Waals surface area contributed by atoms with E-state index in [-0.39, 0.29) is 7.25 Å². The van der Waals surface area contributed by atoms with E-state index in [9.17, 15) is 0 Å². The summed E-state index contributed by atoms with van der Waals surface area (Å²) in [7, 11) is 18.0. The Balaban J connectivity index is 1.70. The molecule has 4 heteroatoms. The van der Waals surface area contributed by atoms with Crippen molar-refractivity contribution in [3.63, 3.8) is 0 Å². The predicted molar refractivity (Wildman–Crippen MR) is 232 cm³/mol. The van der Waals surface area contributed by atoms with Gasteiger partial charge in [0, 0.05) is 0 Å². The number of rotatable bonds is 11. The summed E-state index contributed by atoms with van der Waals surface area (Å²) in [6.45, 7) is 28.0. The second-order valence-corrected chi connectivity index (χ2v) is 59.3. The van der Waals surface area contributed by atoms with Crippen molar-refractivity contribution in [2.24, 2.45) is 11.8 Å². The van der Waals surface area contributed by atoms with Crippen molar-refractivity contribution in [2.45, 2.75) is 115 Å². The summed E-state index contributed by atoms with van der Waals surface area (Å²) >= 11 is -5.01. The van der Waals surface area contributed by atoms with Crippen LogP contribution >= 0.6 is 17.0 Å². The zero-order valence-corrected chi connectivity index (χ0v) is 39.0. The van der Waals surface area contributed by atoms with Crippen LogP contribution in [-0.4, -0.2) is 5.92 Å². The summed E-state index contributed by atoms with van der Waals surface area (Å²) in [6, 6.07) is 23.8. The average Bonchev–Trinajstić information content (AvgIpc) is 3.70. The van der Waals surface area contributed by atoms with Crippen LogP contribution in [0.15, 0.2) is 71.8 Å². The number of halogens is 2. The first-order chi connectivity index (χ1) is 24.6. The molecule has 6 rings (SSSR count). The first-order valence-corrected chi connectivity index (χ1v) is 36.4. The molecule has 0 fully saturated rings. The second-order valence-electron chi connectivity index (χ2n) is 16.8. The molecule has 0 heterocycles. The number of aryl methyl sites for hydroxylation is 6. The van der Waals surface area contributed by atoms with E-state index in [0.717, 1.165) is 25.7 Å². The molecule has 0 saturated carbocycles. The van der Waals surface area contributed by atoms with Gasteiger partial charge >= 0.3 is 327 Å². The number of allylic oxidation sites excluding steroid dienone is 2. The monoisotopic (exact) mass is 825 g/mol. The van der Waals surface area contributed by atoms with Gasteiger partial charge in [-0.15, -0.1) is 0 Å². The molecular weight excluding hydrogens is 767 g/mol. The molecule has 52 heavy (non-hydrogen) atoms. The minimum atomic E-state index is -5.01. The molecule has 0 aliphatic heterocycles. The van der Waals surface area contributed by atoms with Crippen LogP contribution in [0.4, 0.5) is 0 Å². The molecular formula is C48H61Cl2SiZr. The van der Waals surface area contributed by atoms with E-state index in [0.29, 0.717) is 11.8 Å². The Morgan fingerprint density at radius 3 is 1.21 bits per heavy atom. The Bertz CT molecular complexity index is 1920. The van der Waals surface area contributed by atoms with Gasteiger partial charge in [-0.05, 0) is 0 Å². The van der Waals surface area contributed by atoms with Crippen molar-refractivity contribution in [1.29, 1.82) is 0 Å². The Morgan fingerprint density at radius 2 is 0.923 bits per heavy atom. The van der Waals surface area contributed by atoms with Crippen LogP contribution in [0, 0.1) is 39.5 Å². The van der Waals surface area contributed by atoms with Gasteiger partial charge in [-0.2, -0.15) is 0 Å². The van der Waals surface area contributed by atoms with Gasteiger partial charge in [0.25, 0.3) is 0 Å². The van der Waals surface area contributed by atoms with Crippen LogP contribution in [0.5, 0.6) is 0 Å². The van der Waals surface area contributed by atoms with Gasteiger partial charge in [0.1, 0.15) is 0 Å². The fraction of sp³-hybridized carbons (Fsp3) is 0.417. The van der Waals surface area contributed by atoms with Crippen molar-refractivity contribution >= 4 is 35.1 Å². The number of hydrogen-bond acceptors (Lipinski definition) is 0. The zero-order valence-electron chi connectivity index (χ0n) is 33.9. The van der Waals surface area contributed by atoms with Gasteiger partial charge in [0.05, 0.1) is 0 Å². The van der Waals surface area contributed by atoms with Crippen LogP contribution in [0.25, 0.3) is 34.4 Å². The van der Waals surface area contributed by atoms with E-state index in [4.69, 9.17) is 17.0 Å². The molecule has 0 saturated heterocycles. The van der Waals surface area contributed by atoms with Gasteiger partial charge in [0.2, 0.25) is 0 Å². The standard InChI is InChI=1S/2C23H27.C2H7Si.2ClH.Zr/c2*1-6-17(5)20-13-19-9-8-18(7-2)23(22(19)14-20)21-11-15(3)10-16(4)12-21;1-3-2;;;/h2*8-14,17H,6-7H2,1-5H3;3H,1-2H3;2*1H;/q;;;;;+2/p-2. The van der Waals surface area contributed by atoms with Gasteiger partial charge in [-0.1, -0.05) is 0 Å². The normalized spacial score (nSPS) is 18.8. The quantitative estimate of drug-likeness (QED) is 0.132.